The molecule has 0 unspecified atom stereocenters. The molecule has 2 aromatic rings. The Balaban J connectivity index is 1.46. The van der Waals surface area contributed by atoms with Gasteiger partial charge in [-0.25, -0.2) is 0 Å². The second kappa shape index (κ2) is 6.76. The summed E-state index contributed by atoms with van der Waals surface area (Å²) < 4.78 is 2.35. The average Bonchev–Trinajstić information content (AvgIpc) is 3.16. The third-order valence-electron chi connectivity index (χ3n) is 4.82. The minimum absolute atomic E-state index is 0.877. The fourth-order valence-corrected chi connectivity index (χ4v) is 3.62. The van der Waals surface area contributed by atoms with Gasteiger partial charge in [-0.05, 0) is 44.0 Å². The van der Waals surface area contributed by atoms with Crippen LogP contribution in [0.1, 0.15) is 36.5 Å². The van der Waals surface area contributed by atoms with Crippen LogP contribution in [-0.2, 0) is 26.2 Å². The molecule has 122 valence electrons. The quantitative estimate of drug-likeness (QED) is 0.859. The molecule has 0 aliphatic carbocycles. The molecule has 0 amide bonds. The summed E-state index contributed by atoms with van der Waals surface area (Å²) in [5.41, 5.74) is 1.26. The number of hydrogen-bond donors (Lipinski definition) is 0. The zero-order valence-corrected chi connectivity index (χ0v) is 13.6. The highest BCUT2D eigenvalue weighted by atomic mass is 15.3. The van der Waals surface area contributed by atoms with Crippen LogP contribution < -0.4 is 0 Å². The third-order valence-corrected chi connectivity index (χ3v) is 4.82. The molecule has 0 spiro atoms. The predicted molar refractivity (Wildman–Crippen MR) is 87.5 cm³/mol. The average molecular weight is 312 g/mol. The molecule has 2 aliphatic rings. The van der Waals surface area contributed by atoms with Gasteiger partial charge in [0.05, 0.1) is 13.1 Å². The summed E-state index contributed by atoms with van der Waals surface area (Å²) in [6.07, 6.45) is 7.57. The Hall–Kier alpha value is -1.79. The first-order valence-electron chi connectivity index (χ1n) is 8.63. The highest BCUT2D eigenvalue weighted by molar-refractivity contribution is 5.09. The van der Waals surface area contributed by atoms with Crippen molar-refractivity contribution < 1.29 is 0 Å². The van der Waals surface area contributed by atoms with Crippen molar-refractivity contribution in [1.82, 2.24) is 29.5 Å². The maximum atomic E-state index is 4.48. The lowest BCUT2D eigenvalue weighted by Crippen LogP contribution is -2.23. The summed E-state index contributed by atoms with van der Waals surface area (Å²) in [7, 11) is 0. The molecule has 23 heavy (non-hydrogen) atoms. The molecule has 0 N–H and O–H groups in total. The first-order chi connectivity index (χ1) is 11.4. The first-order valence-corrected chi connectivity index (χ1v) is 8.63. The van der Waals surface area contributed by atoms with Crippen LogP contribution in [0.4, 0.5) is 0 Å². The van der Waals surface area contributed by atoms with E-state index in [4.69, 9.17) is 0 Å². The molecule has 4 rings (SSSR count). The number of rotatable bonds is 4. The van der Waals surface area contributed by atoms with E-state index in [1.165, 1.54) is 31.5 Å². The SMILES string of the molecule is c1cncc(CN2CCCn3c(CN4CCCC4)nnc3C2)c1. The van der Waals surface area contributed by atoms with E-state index in [1.54, 1.807) is 0 Å². The van der Waals surface area contributed by atoms with Gasteiger partial charge in [0.15, 0.2) is 0 Å². The van der Waals surface area contributed by atoms with E-state index in [9.17, 15) is 0 Å². The molecule has 1 fully saturated rings. The monoisotopic (exact) mass is 312 g/mol. The Morgan fingerprint density at radius 1 is 0.913 bits per heavy atom. The first kappa shape index (κ1) is 14.8. The van der Waals surface area contributed by atoms with E-state index in [1.807, 2.05) is 18.5 Å². The summed E-state index contributed by atoms with van der Waals surface area (Å²) in [6, 6.07) is 4.14. The van der Waals surface area contributed by atoms with Crippen molar-refractivity contribution >= 4 is 0 Å². The van der Waals surface area contributed by atoms with Crippen LogP contribution in [0.2, 0.25) is 0 Å². The Labute approximate surface area is 137 Å². The summed E-state index contributed by atoms with van der Waals surface area (Å²) in [5.74, 6) is 2.26. The molecule has 0 radical (unpaired) electrons. The van der Waals surface area contributed by atoms with Crippen molar-refractivity contribution in [3.63, 3.8) is 0 Å². The largest absolute Gasteiger partial charge is 0.313 e. The molecule has 4 heterocycles. The van der Waals surface area contributed by atoms with Crippen LogP contribution in [0.15, 0.2) is 24.5 Å². The molecule has 0 saturated carbocycles. The minimum Gasteiger partial charge on any atom is -0.313 e. The maximum absolute atomic E-state index is 4.48. The third kappa shape index (κ3) is 3.43. The second-order valence-electron chi connectivity index (χ2n) is 6.59. The molecular formula is C17H24N6. The van der Waals surface area contributed by atoms with Gasteiger partial charge in [0.25, 0.3) is 0 Å². The van der Waals surface area contributed by atoms with E-state index in [0.29, 0.717) is 0 Å². The fraction of sp³-hybridized carbons (Fsp3) is 0.588. The Morgan fingerprint density at radius 2 is 1.78 bits per heavy atom. The molecule has 2 aliphatic heterocycles. The lowest BCUT2D eigenvalue weighted by molar-refractivity contribution is 0.257. The van der Waals surface area contributed by atoms with E-state index in [2.05, 4.69) is 35.6 Å². The maximum Gasteiger partial charge on any atom is 0.147 e. The smallest absolute Gasteiger partial charge is 0.147 e. The minimum atomic E-state index is 0.877. The van der Waals surface area contributed by atoms with Gasteiger partial charge in [0, 0.05) is 32.0 Å². The standard InChI is InChI=1S/C17H24N6/c1-2-8-21(7-1)13-16-19-20-17-14-22(9-4-10-23(16)17)12-15-5-3-6-18-11-15/h3,5-6,11H,1-2,4,7-10,12-14H2. The highest BCUT2D eigenvalue weighted by Gasteiger charge is 2.21. The highest BCUT2D eigenvalue weighted by Crippen LogP contribution is 2.17. The van der Waals surface area contributed by atoms with Gasteiger partial charge in [-0.2, -0.15) is 0 Å². The van der Waals surface area contributed by atoms with Gasteiger partial charge in [0.2, 0.25) is 0 Å². The molecule has 6 heteroatoms. The van der Waals surface area contributed by atoms with Crippen molar-refractivity contribution in [2.24, 2.45) is 0 Å². The number of fused-ring (bicyclic) bond motifs is 1. The van der Waals surface area contributed by atoms with Gasteiger partial charge >= 0.3 is 0 Å². The number of nitrogens with zero attached hydrogens (tertiary/aromatic N) is 6. The van der Waals surface area contributed by atoms with Gasteiger partial charge in [-0.1, -0.05) is 6.07 Å². The Morgan fingerprint density at radius 3 is 2.61 bits per heavy atom. The van der Waals surface area contributed by atoms with Crippen LogP contribution in [0.25, 0.3) is 0 Å². The Kier molecular flexibility index (Phi) is 4.35. The van der Waals surface area contributed by atoms with Crippen molar-refractivity contribution in [2.45, 2.75) is 45.4 Å². The molecule has 0 bridgehead atoms. The lowest BCUT2D eigenvalue weighted by atomic mass is 10.2. The predicted octanol–water partition coefficient (Wildman–Crippen LogP) is 1.67. The summed E-state index contributed by atoms with van der Waals surface area (Å²) in [6.45, 7) is 7.31. The zero-order valence-electron chi connectivity index (χ0n) is 13.6. The number of likely N-dealkylation sites (tertiary alicyclic amines) is 1. The molecule has 0 aromatic carbocycles. The van der Waals surface area contributed by atoms with E-state index in [0.717, 1.165) is 50.8 Å². The molecule has 1 saturated heterocycles. The number of pyridine rings is 1. The Bertz CT molecular complexity index is 632. The summed E-state index contributed by atoms with van der Waals surface area (Å²) >= 11 is 0. The van der Waals surface area contributed by atoms with E-state index in [-0.39, 0.29) is 0 Å². The summed E-state index contributed by atoms with van der Waals surface area (Å²) in [4.78, 5) is 9.16. The topological polar surface area (TPSA) is 50.1 Å². The van der Waals surface area contributed by atoms with Crippen molar-refractivity contribution in [3.05, 3.63) is 41.7 Å². The second-order valence-corrected chi connectivity index (χ2v) is 6.59. The van der Waals surface area contributed by atoms with E-state index < -0.39 is 0 Å². The molecule has 0 atom stereocenters. The van der Waals surface area contributed by atoms with Gasteiger partial charge in [-0.3, -0.25) is 14.8 Å². The van der Waals surface area contributed by atoms with Gasteiger partial charge < -0.3 is 4.57 Å². The zero-order chi connectivity index (χ0) is 15.5. The lowest BCUT2D eigenvalue weighted by Gasteiger charge is -2.18. The van der Waals surface area contributed by atoms with Gasteiger partial charge in [-0.15, -0.1) is 10.2 Å². The molecule has 2 aromatic heterocycles. The van der Waals surface area contributed by atoms with Crippen molar-refractivity contribution in [3.8, 4) is 0 Å². The number of aromatic nitrogens is 4. The normalized spacial score (nSPS) is 19.7. The fourth-order valence-electron chi connectivity index (χ4n) is 3.62. The van der Waals surface area contributed by atoms with E-state index >= 15 is 0 Å². The van der Waals surface area contributed by atoms with Gasteiger partial charge in [0.1, 0.15) is 11.6 Å². The van der Waals surface area contributed by atoms with Crippen molar-refractivity contribution in [1.29, 1.82) is 0 Å². The molecule has 6 nitrogen and oxygen atoms in total. The molecular weight excluding hydrogens is 288 g/mol. The number of hydrogen-bond acceptors (Lipinski definition) is 5. The van der Waals surface area contributed by atoms with Crippen LogP contribution in [0, 0.1) is 0 Å². The summed E-state index contributed by atoms with van der Waals surface area (Å²) in [5, 5.41) is 8.96. The van der Waals surface area contributed by atoms with Crippen LogP contribution in [-0.4, -0.2) is 49.2 Å². The van der Waals surface area contributed by atoms with Crippen LogP contribution >= 0.6 is 0 Å². The van der Waals surface area contributed by atoms with Crippen LogP contribution in [0.3, 0.4) is 0 Å². The van der Waals surface area contributed by atoms with Crippen molar-refractivity contribution in [2.75, 3.05) is 19.6 Å². The van der Waals surface area contributed by atoms with Crippen LogP contribution in [0.5, 0.6) is 0 Å².